The number of esters is 1. The van der Waals surface area contributed by atoms with Gasteiger partial charge >= 0.3 is 5.97 Å². The Labute approximate surface area is 73.0 Å². The van der Waals surface area contributed by atoms with Gasteiger partial charge in [-0.3, -0.25) is 4.79 Å². The molecule has 0 amide bonds. The summed E-state index contributed by atoms with van der Waals surface area (Å²) in [7, 11) is 0. The highest BCUT2D eigenvalue weighted by molar-refractivity contribution is 5.72. The van der Waals surface area contributed by atoms with Crippen LogP contribution in [0.2, 0.25) is 0 Å². The van der Waals surface area contributed by atoms with Gasteiger partial charge in [-0.05, 0) is 26.7 Å². The number of hydrogen-bond donors (Lipinski definition) is 0. The normalized spacial score (nSPS) is 29.8. The Bertz CT molecular complexity index is 148. The highest BCUT2D eigenvalue weighted by Crippen LogP contribution is 2.19. The van der Waals surface area contributed by atoms with E-state index in [9.17, 15) is 4.79 Å². The quantitative estimate of drug-likeness (QED) is 0.590. The molecule has 2 atom stereocenters. The number of ether oxygens (including phenoxy) is 2. The zero-order valence-electron chi connectivity index (χ0n) is 7.71. The molecule has 0 aliphatic carbocycles. The summed E-state index contributed by atoms with van der Waals surface area (Å²) in [5.74, 6) is -0.134. The largest absolute Gasteiger partial charge is 0.466 e. The standard InChI is InChI=1S/C9H16O3/c1-3-11-9(10)8-5-4-7(2)12-6-8/h7-8H,3-6H2,1-2H3. The van der Waals surface area contributed by atoms with Gasteiger partial charge < -0.3 is 9.47 Å². The molecular formula is C9H16O3. The third kappa shape index (κ3) is 2.48. The first-order chi connectivity index (χ1) is 5.74. The van der Waals surface area contributed by atoms with Crippen molar-refractivity contribution in [2.75, 3.05) is 13.2 Å². The zero-order valence-corrected chi connectivity index (χ0v) is 7.71. The summed E-state index contributed by atoms with van der Waals surface area (Å²) in [6.45, 7) is 4.84. The van der Waals surface area contributed by atoms with Crippen LogP contribution < -0.4 is 0 Å². The number of rotatable bonds is 2. The average Bonchev–Trinajstić information content (AvgIpc) is 2.06. The molecule has 3 nitrogen and oxygen atoms in total. The van der Waals surface area contributed by atoms with E-state index in [2.05, 4.69) is 0 Å². The van der Waals surface area contributed by atoms with Crippen LogP contribution in [0.5, 0.6) is 0 Å². The van der Waals surface area contributed by atoms with E-state index in [0.717, 1.165) is 12.8 Å². The van der Waals surface area contributed by atoms with Crippen LogP contribution in [0.1, 0.15) is 26.7 Å². The lowest BCUT2D eigenvalue weighted by atomic mass is 9.99. The van der Waals surface area contributed by atoms with Gasteiger partial charge in [-0.15, -0.1) is 0 Å². The van der Waals surface area contributed by atoms with E-state index in [0.29, 0.717) is 19.3 Å². The van der Waals surface area contributed by atoms with Gasteiger partial charge in [-0.2, -0.15) is 0 Å². The molecule has 1 saturated heterocycles. The SMILES string of the molecule is CCOC(=O)C1CCC(C)OC1. The highest BCUT2D eigenvalue weighted by Gasteiger charge is 2.25. The lowest BCUT2D eigenvalue weighted by molar-refractivity contribution is -0.154. The minimum atomic E-state index is -0.107. The van der Waals surface area contributed by atoms with Crippen LogP contribution in [0, 0.1) is 5.92 Å². The fraction of sp³-hybridized carbons (Fsp3) is 0.889. The highest BCUT2D eigenvalue weighted by atomic mass is 16.5. The molecule has 2 unspecified atom stereocenters. The molecule has 1 aliphatic rings. The van der Waals surface area contributed by atoms with Crippen molar-refractivity contribution in [3.05, 3.63) is 0 Å². The molecule has 1 rings (SSSR count). The second kappa shape index (κ2) is 4.45. The topological polar surface area (TPSA) is 35.5 Å². The van der Waals surface area contributed by atoms with E-state index in [1.165, 1.54) is 0 Å². The number of carbonyl (C=O) groups is 1. The second-order valence-electron chi connectivity index (χ2n) is 3.17. The molecule has 1 heterocycles. The van der Waals surface area contributed by atoms with Crippen LogP contribution in [0.4, 0.5) is 0 Å². The van der Waals surface area contributed by atoms with E-state index in [1.807, 2.05) is 13.8 Å². The third-order valence-electron chi connectivity index (χ3n) is 2.12. The fourth-order valence-electron chi connectivity index (χ4n) is 1.33. The van der Waals surface area contributed by atoms with Gasteiger partial charge in [0.05, 0.1) is 25.2 Å². The summed E-state index contributed by atoms with van der Waals surface area (Å²) in [5.41, 5.74) is 0. The summed E-state index contributed by atoms with van der Waals surface area (Å²) in [5, 5.41) is 0. The fourth-order valence-corrected chi connectivity index (χ4v) is 1.33. The summed E-state index contributed by atoms with van der Waals surface area (Å²) < 4.78 is 10.3. The predicted octanol–water partition coefficient (Wildman–Crippen LogP) is 1.36. The minimum absolute atomic E-state index is 0.0267. The van der Waals surface area contributed by atoms with Gasteiger partial charge in [0.15, 0.2) is 0 Å². The molecule has 0 N–H and O–H groups in total. The van der Waals surface area contributed by atoms with E-state index in [-0.39, 0.29) is 11.9 Å². The Balaban J connectivity index is 2.29. The Kier molecular flexibility index (Phi) is 3.53. The summed E-state index contributed by atoms with van der Waals surface area (Å²) >= 11 is 0. The van der Waals surface area contributed by atoms with Crippen molar-refractivity contribution in [3.8, 4) is 0 Å². The Morgan fingerprint density at radius 3 is 2.83 bits per heavy atom. The van der Waals surface area contributed by atoms with Crippen molar-refractivity contribution in [2.24, 2.45) is 5.92 Å². The molecule has 3 heteroatoms. The van der Waals surface area contributed by atoms with Crippen LogP contribution >= 0.6 is 0 Å². The monoisotopic (exact) mass is 172 g/mol. The number of hydrogen-bond acceptors (Lipinski definition) is 3. The molecule has 0 aromatic rings. The summed E-state index contributed by atoms with van der Waals surface area (Å²) in [4.78, 5) is 11.2. The Morgan fingerprint density at radius 1 is 1.58 bits per heavy atom. The average molecular weight is 172 g/mol. The molecule has 0 spiro atoms. The first-order valence-electron chi connectivity index (χ1n) is 4.52. The van der Waals surface area contributed by atoms with Gasteiger partial charge in [0.2, 0.25) is 0 Å². The molecule has 12 heavy (non-hydrogen) atoms. The van der Waals surface area contributed by atoms with Gasteiger partial charge in [0.1, 0.15) is 0 Å². The van der Waals surface area contributed by atoms with Crippen molar-refractivity contribution < 1.29 is 14.3 Å². The second-order valence-corrected chi connectivity index (χ2v) is 3.17. The third-order valence-corrected chi connectivity index (χ3v) is 2.12. The van der Waals surface area contributed by atoms with Crippen molar-refractivity contribution in [2.45, 2.75) is 32.8 Å². The molecule has 0 saturated carbocycles. The van der Waals surface area contributed by atoms with Crippen LogP contribution in [0.15, 0.2) is 0 Å². The van der Waals surface area contributed by atoms with E-state index in [4.69, 9.17) is 9.47 Å². The molecule has 0 aromatic heterocycles. The first-order valence-corrected chi connectivity index (χ1v) is 4.52. The van der Waals surface area contributed by atoms with E-state index >= 15 is 0 Å². The molecule has 70 valence electrons. The van der Waals surface area contributed by atoms with Gasteiger partial charge in [0.25, 0.3) is 0 Å². The molecule has 1 aliphatic heterocycles. The maximum Gasteiger partial charge on any atom is 0.311 e. The van der Waals surface area contributed by atoms with Crippen LogP contribution in [-0.2, 0) is 14.3 Å². The lowest BCUT2D eigenvalue weighted by Gasteiger charge is -2.25. The zero-order chi connectivity index (χ0) is 8.97. The molecule has 1 fully saturated rings. The molecule has 0 radical (unpaired) electrons. The number of carbonyl (C=O) groups excluding carboxylic acids is 1. The molecule has 0 bridgehead atoms. The Hall–Kier alpha value is -0.570. The molecule has 0 aromatic carbocycles. The van der Waals surface area contributed by atoms with Gasteiger partial charge in [-0.1, -0.05) is 0 Å². The molecular weight excluding hydrogens is 156 g/mol. The van der Waals surface area contributed by atoms with E-state index in [1.54, 1.807) is 0 Å². The van der Waals surface area contributed by atoms with Gasteiger partial charge in [-0.25, -0.2) is 0 Å². The van der Waals surface area contributed by atoms with Crippen LogP contribution in [-0.4, -0.2) is 25.3 Å². The smallest absolute Gasteiger partial charge is 0.311 e. The van der Waals surface area contributed by atoms with Crippen molar-refractivity contribution in [3.63, 3.8) is 0 Å². The Morgan fingerprint density at radius 2 is 2.33 bits per heavy atom. The lowest BCUT2D eigenvalue weighted by Crippen LogP contribution is -2.30. The van der Waals surface area contributed by atoms with Gasteiger partial charge in [0, 0.05) is 0 Å². The first kappa shape index (κ1) is 9.52. The summed E-state index contributed by atoms with van der Waals surface area (Å²) in [6.07, 6.45) is 2.17. The van der Waals surface area contributed by atoms with E-state index < -0.39 is 0 Å². The van der Waals surface area contributed by atoms with Crippen LogP contribution in [0.3, 0.4) is 0 Å². The van der Waals surface area contributed by atoms with Crippen molar-refractivity contribution >= 4 is 5.97 Å². The van der Waals surface area contributed by atoms with Crippen molar-refractivity contribution in [1.29, 1.82) is 0 Å². The van der Waals surface area contributed by atoms with Crippen LogP contribution in [0.25, 0.3) is 0 Å². The maximum atomic E-state index is 11.2. The van der Waals surface area contributed by atoms with Crippen molar-refractivity contribution in [1.82, 2.24) is 0 Å². The minimum Gasteiger partial charge on any atom is -0.466 e. The predicted molar refractivity (Wildman–Crippen MR) is 44.8 cm³/mol. The maximum absolute atomic E-state index is 11.2. The summed E-state index contributed by atoms with van der Waals surface area (Å²) in [6, 6.07) is 0.